The van der Waals surface area contributed by atoms with Gasteiger partial charge in [-0.1, -0.05) is 12.1 Å². The maximum Gasteiger partial charge on any atom is 0.140 e. The fourth-order valence-electron chi connectivity index (χ4n) is 2.64. The van der Waals surface area contributed by atoms with E-state index >= 15 is 0 Å². The molecule has 1 aliphatic rings. The van der Waals surface area contributed by atoms with Crippen LogP contribution in [0.4, 0.5) is 4.39 Å². The summed E-state index contributed by atoms with van der Waals surface area (Å²) in [7, 11) is 0. The Morgan fingerprint density at radius 3 is 3.06 bits per heavy atom. The van der Waals surface area contributed by atoms with Crippen LogP contribution in [-0.4, -0.2) is 12.6 Å². The van der Waals surface area contributed by atoms with Crippen LogP contribution in [0, 0.1) is 5.82 Å². The van der Waals surface area contributed by atoms with Crippen LogP contribution in [-0.2, 0) is 0 Å². The van der Waals surface area contributed by atoms with Gasteiger partial charge in [0, 0.05) is 10.9 Å². The molecule has 90 valence electrons. The molecule has 1 aromatic heterocycles. The van der Waals surface area contributed by atoms with Gasteiger partial charge in [-0.25, -0.2) is 4.39 Å². The Hall–Kier alpha value is -0.930. The average molecular weight is 249 g/mol. The van der Waals surface area contributed by atoms with E-state index in [-0.39, 0.29) is 5.82 Å². The van der Waals surface area contributed by atoms with Crippen LogP contribution < -0.4 is 5.32 Å². The summed E-state index contributed by atoms with van der Waals surface area (Å²) in [4.78, 5) is 1.35. The van der Waals surface area contributed by atoms with Gasteiger partial charge in [0.15, 0.2) is 0 Å². The second kappa shape index (κ2) is 4.39. The largest absolute Gasteiger partial charge is 0.314 e. The van der Waals surface area contributed by atoms with E-state index in [4.69, 9.17) is 0 Å². The monoisotopic (exact) mass is 249 g/mol. The fourth-order valence-corrected chi connectivity index (χ4v) is 3.85. The minimum atomic E-state index is -0.0827. The zero-order valence-corrected chi connectivity index (χ0v) is 10.7. The summed E-state index contributed by atoms with van der Waals surface area (Å²) < 4.78 is 14.5. The highest BCUT2D eigenvalue weighted by atomic mass is 32.1. The summed E-state index contributed by atoms with van der Waals surface area (Å²) in [5, 5.41) is 4.51. The van der Waals surface area contributed by atoms with Gasteiger partial charge in [-0.05, 0) is 49.7 Å². The van der Waals surface area contributed by atoms with E-state index in [9.17, 15) is 4.39 Å². The van der Waals surface area contributed by atoms with Crippen LogP contribution in [0.1, 0.15) is 30.6 Å². The number of fused-ring (bicyclic) bond motifs is 1. The van der Waals surface area contributed by atoms with Gasteiger partial charge in [0.25, 0.3) is 0 Å². The van der Waals surface area contributed by atoms with Gasteiger partial charge in [-0.2, -0.15) is 0 Å². The smallest absolute Gasteiger partial charge is 0.140 e. The highest BCUT2D eigenvalue weighted by Crippen LogP contribution is 2.37. The van der Waals surface area contributed by atoms with Crippen molar-refractivity contribution in [3.05, 3.63) is 35.0 Å². The Kier molecular flexibility index (Phi) is 2.89. The molecule has 1 nitrogen and oxygen atoms in total. The summed E-state index contributed by atoms with van der Waals surface area (Å²) >= 11 is 1.63. The number of rotatable bonds is 1. The standard InChI is InChI=1S/C14H16FNS/c1-9-7-10(5-6-16-9)13-8-11-3-2-4-12(15)14(11)17-13/h2-4,8-10,16H,5-7H2,1H3/t9-,10-/m1/s1. The van der Waals surface area contributed by atoms with Crippen molar-refractivity contribution in [3.63, 3.8) is 0 Å². The van der Waals surface area contributed by atoms with Crippen LogP contribution in [0.15, 0.2) is 24.3 Å². The Labute approximate surface area is 105 Å². The van der Waals surface area contributed by atoms with Gasteiger partial charge in [0.1, 0.15) is 5.82 Å². The molecule has 3 rings (SSSR count). The predicted molar refractivity (Wildman–Crippen MR) is 71.2 cm³/mol. The van der Waals surface area contributed by atoms with Crippen LogP contribution in [0.2, 0.25) is 0 Å². The van der Waals surface area contributed by atoms with Crippen molar-refractivity contribution in [1.82, 2.24) is 5.32 Å². The first-order chi connectivity index (χ1) is 8.24. The topological polar surface area (TPSA) is 12.0 Å². The molecular weight excluding hydrogens is 233 g/mol. The maximum atomic E-state index is 13.6. The summed E-state index contributed by atoms with van der Waals surface area (Å²) in [6.07, 6.45) is 2.33. The second-order valence-corrected chi connectivity index (χ2v) is 5.97. The minimum Gasteiger partial charge on any atom is -0.314 e. The number of hydrogen-bond donors (Lipinski definition) is 1. The highest BCUT2D eigenvalue weighted by molar-refractivity contribution is 7.19. The van der Waals surface area contributed by atoms with Crippen LogP contribution in [0.3, 0.4) is 0 Å². The number of piperidine rings is 1. The molecule has 1 fully saturated rings. The summed E-state index contributed by atoms with van der Waals surface area (Å²) in [6.45, 7) is 3.29. The molecule has 1 saturated heterocycles. The fraction of sp³-hybridized carbons (Fsp3) is 0.429. The number of halogens is 1. The summed E-state index contributed by atoms with van der Waals surface area (Å²) in [5.41, 5.74) is 0. The van der Waals surface area contributed by atoms with E-state index in [0.29, 0.717) is 12.0 Å². The van der Waals surface area contributed by atoms with Crippen molar-refractivity contribution in [2.45, 2.75) is 31.7 Å². The van der Waals surface area contributed by atoms with E-state index in [1.54, 1.807) is 23.5 Å². The van der Waals surface area contributed by atoms with Crippen molar-refractivity contribution in [3.8, 4) is 0 Å². The maximum absolute atomic E-state index is 13.6. The molecule has 0 amide bonds. The van der Waals surface area contributed by atoms with E-state index in [2.05, 4.69) is 18.3 Å². The zero-order valence-electron chi connectivity index (χ0n) is 9.87. The predicted octanol–water partition coefficient (Wildman–Crippen LogP) is 3.90. The van der Waals surface area contributed by atoms with E-state index in [0.717, 1.165) is 23.1 Å². The van der Waals surface area contributed by atoms with E-state index in [1.165, 1.54) is 11.3 Å². The van der Waals surface area contributed by atoms with Gasteiger partial charge in [0.2, 0.25) is 0 Å². The number of benzene rings is 1. The van der Waals surface area contributed by atoms with Crippen molar-refractivity contribution < 1.29 is 4.39 Å². The highest BCUT2D eigenvalue weighted by Gasteiger charge is 2.21. The lowest BCUT2D eigenvalue weighted by Crippen LogP contribution is -2.34. The van der Waals surface area contributed by atoms with E-state index in [1.807, 2.05) is 6.07 Å². The Balaban J connectivity index is 1.97. The third-order valence-electron chi connectivity index (χ3n) is 3.54. The van der Waals surface area contributed by atoms with Gasteiger partial charge in [0.05, 0.1) is 4.70 Å². The minimum absolute atomic E-state index is 0.0827. The number of thiophene rings is 1. The van der Waals surface area contributed by atoms with Crippen LogP contribution in [0.5, 0.6) is 0 Å². The van der Waals surface area contributed by atoms with E-state index < -0.39 is 0 Å². The molecule has 17 heavy (non-hydrogen) atoms. The molecule has 0 radical (unpaired) electrons. The lowest BCUT2D eigenvalue weighted by molar-refractivity contribution is 0.384. The molecule has 1 aromatic carbocycles. The molecule has 2 heterocycles. The average Bonchev–Trinajstić information content (AvgIpc) is 2.74. The zero-order chi connectivity index (χ0) is 11.8. The van der Waals surface area contributed by atoms with Crippen molar-refractivity contribution >= 4 is 21.4 Å². The molecule has 2 aromatic rings. The number of nitrogens with one attached hydrogen (secondary N) is 1. The molecule has 0 spiro atoms. The summed E-state index contributed by atoms with van der Waals surface area (Å²) in [5.74, 6) is 0.517. The molecule has 3 heteroatoms. The molecule has 2 atom stereocenters. The first-order valence-electron chi connectivity index (χ1n) is 6.15. The number of hydrogen-bond acceptors (Lipinski definition) is 2. The van der Waals surface area contributed by atoms with Crippen molar-refractivity contribution in [1.29, 1.82) is 0 Å². The molecule has 1 aliphatic heterocycles. The molecule has 0 aliphatic carbocycles. The summed E-state index contributed by atoms with van der Waals surface area (Å²) in [6, 6.07) is 8.09. The van der Waals surface area contributed by atoms with Gasteiger partial charge < -0.3 is 5.32 Å². The second-order valence-electron chi connectivity index (χ2n) is 4.88. The van der Waals surface area contributed by atoms with Gasteiger partial charge in [-0.3, -0.25) is 0 Å². The van der Waals surface area contributed by atoms with Crippen LogP contribution >= 0.6 is 11.3 Å². The normalized spacial score (nSPS) is 25.3. The third-order valence-corrected chi connectivity index (χ3v) is 4.86. The molecule has 0 bridgehead atoms. The molecule has 0 unspecified atom stereocenters. The SMILES string of the molecule is C[C@@H]1C[C@H](c2cc3cccc(F)c3s2)CCN1. The third kappa shape index (κ3) is 2.09. The lowest BCUT2D eigenvalue weighted by atomic mass is 9.92. The Morgan fingerprint density at radius 2 is 2.29 bits per heavy atom. The van der Waals surface area contributed by atoms with Gasteiger partial charge >= 0.3 is 0 Å². The molecule has 0 saturated carbocycles. The van der Waals surface area contributed by atoms with Crippen molar-refractivity contribution in [2.75, 3.05) is 6.54 Å². The Morgan fingerprint density at radius 1 is 1.41 bits per heavy atom. The lowest BCUT2D eigenvalue weighted by Gasteiger charge is -2.27. The molecular formula is C14H16FNS. The first kappa shape index (κ1) is 11.2. The molecule has 1 N–H and O–H groups in total. The van der Waals surface area contributed by atoms with Crippen molar-refractivity contribution in [2.24, 2.45) is 0 Å². The quantitative estimate of drug-likeness (QED) is 0.808. The van der Waals surface area contributed by atoms with Gasteiger partial charge in [-0.15, -0.1) is 11.3 Å². The Bertz CT molecular complexity index is 534. The van der Waals surface area contributed by atoms with Crippen LogP contribution in [0.25, 0.3) is 10.1 Å². The first-order valence-corrected chi connectivity index (χ1v) is 6.97.